The first-order valence-corrected chi connectivity index (χ1v) is 13.0. The van der Waals surface area contributed by atoms with Crippen LogP contribution >= 0.6 is 0 Å². The van der Waals surface area contributed by atoms with Crippen LogP contribution in [0.1, 0.15) is 88.8 Å². The Kier molecular flexibility index (Phi) is 3.50. The molecule has 8 bridgehead atoms. The molecule has 0 N–H and O–H groups in total. The lowest BCUT2D eigenvalue weighted by atomic mass is 9.47. The van der Waals surface area contributed by atoms with Crippen molar-refractivity contribution in [2.75, 3.05) is 0 Å². The van der Waals surface area contributed by atoms with E-state index in [1.165, 1.54) is 51.1 Å². The minimum Gasteiger partial charge on any atom is -0.424 e. The van der Waals surface area contributed by atoms with Crippen molar-refractivity contribution in [3.63, 3.8) is 0 Å². The van der Waals surface area contributed by atoms with Gasteiger partial charge in [-0.1, -0.05) is 0 Å². The van der Waals surface area contributed by atoms with Crippen molar-refractivity contribution in [1.82, 2.24) is 20.0 Å². The van der Waals surface area contributed by atoms with Gasteiger partial charge < -0.3 is 4.42 Å². The lowest BCUT2D eigenvalue weighted by Gasteiger charge is -2.60. The SMILES string of the molecule is O=[N+]([O-])c1cnn(C23CC4CC(CC(c5nnc(C67CC8CC(CC(C8)C6)C7)o5)(C4)C2)C3)c1. The van der Waals surface area contributed by atoms with Crippen molar-refractivity contribution >= 4 is 5.69 Å². The van der Waals surface area contributed by atoms with Crippen LogP contribution in [0.15, 0.2) is 16.8 Å². The van der Waals surface area contributed by atoms with E-state index in [2.05, 4.69) is 5.10 Å². The van der Waals surface area contributed by atoms with Crippen LogP contribution in [0.25, 0.3) is 0 Å². The van der Waals surface area contributed by atoms with Crippen LogP contribution in [0, 0.1) is 39.7 Å². The van der Waals surface area contributed by atoms with Gasteiger partial charge in [-0.25, -0.2) is 0 Å². The predicted molar refractivity (Wildman–Crippen MR) is 117 cm³/mol. The number of hydrogen-bond acceptors (Lipinski definition) is 6. The fourth-order valence-electron chi connectivity index (χ4n) is 10.4. The maximum Gasteiger partial charge on any atom is 0.307 e. The molecule has 0 amide bonds. The summed E-state index contributed by atoms with van der Waals surface area (Å²) in [4.78, 5) is 11.0. The Morgan fingerprint density at radius 1 is 0.848 bits per heavy atom. The van der Waals surface area contributed by atoms with Gasteiger partial charge in [-0.2, -0.15) is 5.10 Å². The molecule has 2 heterocycles. The molecule has 174 valence electrons. The summed E-state index contributed by atoms with van der Waals surface area (Å²) in [7, 11) is 0. The molecule has 0 aliphatic heterocycles. The first-order chi connectivity index (χ1) is 15.9. The Morgan fingerprint density at radius 2 is 1.39 bits per heavy atom. The highest BCUT2D eigenvalue weighted by atomic mass is 16.6. The molecular formula is C25H31N5O3. The normalized spacial score (nSPS) is 46.8. The average Bonchev–Trinajstić information content (AvgIpc) is 3.43. The Labute approximate surface area is 192 Å². The lowest BCUT2D eigenvalue weighted by Crippen LogP contribution is -2.58. The third-order valence-electron chi connectivity index (χ3n) is 10.7. The van der Waals surface area contributed by atoms with E-state index < -0.39 is 0 Å². The zero-order valence-corrected chi connectivity index (χ0v) is 19.0. The zero-order chi connectivity index (χ0) is 22.0. The largest absolute Gasteiger partial charge is 0.424 e. The highest BCUT2D eigenvalue weighted by Gasteiger charge is 2.62. The van der Waals surface area contributed by atoms with Crippen LogP contribution in [0.5, 0.6) is 0 Å². The molecule has 8 aliphatic carbocycles. The van der Waals surface area contributed by atoms with Crippen LogP contribution in [0.4, 0.5) is 5.69 Å². The predicted octanol–water partition coefficient (Wildman–Crippen LogP) is 4.89. The third-order valence-corrected chi connectivity index (χ3v) is 10.7. The van der Waals surface area contributed by atoms with Gasteiger partial charge in [-0.05, 0) is 107 Å². The molecule has 0 spiro atoms. The second-order valence-corrected chi connectivity index (χ2v) is 13.0. The van der Waals surface area contributed by atoms with Gasteiger partial charge in [-0.3, -0.25) is 14.8 Å². The van der Waals surface area contributed by atoms with E-state index in [0.717, 1.165) is 61.6 Å². The molecule has 0 saturated heterocycles. The number of rotatable bonds is 4. The van der Waals surface area contributed by atoms with Gasteiger partial charge in [0.05, 0.1) is 15.9 Å². The molecule has 2 atom stereocenters. The minimum atomic E-state index is -0.338. The smallest absolute Gasteiger partial charge is 0.307 e. The molecule has 0 aromatic carbocycles. The lowest BCUT2D eigenvalue weighted by molar-refractivity contribution is -0.385. The van der Waals surface area contributed by atoms with Gasteiger partial charge in [0.15, 0.2) is 0 Å². The summed E-state index contributed by atoms with van der Waals surface area (Å²) < 4.78 is 8.64. The first kappa shape index (κ1) is 19.1. The summed E-state index contributed by atoms with van der Waals surface area (Å²) in [6.07, 6.45) is 17.5. The maximum absolute atomic E-state index is 11.3. The number of hydrogen-bond donors (Lipinski definition) is 0. The minimum absolute atomic E-state index is 0.0849. The Balaban J connectivity index is 1.16. The first-order valence-electron chi connectivity index (χ1n) is 13.0. The molecule has 10 rings (SSSR count). The van der Waals surface area contributed by atoms with Crippen molar-refractivity contribution in [2.24, 2.45) is 29.6 Å². The summed E-state index contributed by atoms with van der Waals surface area (Å²) in [6.45, 7) is 0. The molecule has 8 heteroatoms. The summed E-state index contributed by atoms with van der Waals surface area (Å²) in [5.41, 5.74) is -0.0455. The van der Waals surface area contributed by atoms with Gasteiger partial charge in [-0.15, -0.1) is 10.2 Å². The topological polar surface area (TPSA) is 99.9 Å². The van der Waals surface area contributed by atoms with Crippen molar-refractivity contribution in [1.29, 1.82) is 0 Å². The van der Waals surface area contributed by atoms with Crippen LogP contribution in [-0.4, -0.2) is 24.9 Å². The second-order valence-electron chi connectivity index (χ2n) is 13.0. The molecular weight excluding hydrogens is 418 g/mol. The van der Waals surface area contributed by atoms with E-state index in [-0.39, 0.29) is 27.0 Å². The van der Waals surface area contributed by atoms with Crippen LogP contribution in [0.3, 0.4) is 0 Å². The van der Waals surface area contributed by atoms with Gasteiger partial charge in [0, 0.05) is 5.41 Å². The quantitative estimate of drug-likeness (QED) is 0.487. The number of nitrogens with zero attached hydrogens (tertiary/aromatic N) is 5. The highest BCUT2D eigenvalue weighted by Crippen LogP contribution is 2.65. The molecule has 8 nitrogen and oxygen atoms in total. The summed E-state index contributed by atoms with van der Waals surface area (Å²) in [5, 5.41) is 25.3. The second kappa shape index (κ2) is 6.05. The molecule has 0 radical (unpaired) electrons. The molecule has 8 saturated carbocycles. The summed E-state index contributed by atoms with van der Waals surface area (Å²) in [5.74, 6) is 5.54. The Hall–Kier alpha value is -2.25. The van der Waals surface area contributed by atoms with Crippen LogP contribution in [-0.2, 0) is 16.4 Å². The fraction of sp³-hybridized carbons (Fsp3) is 0.800. The van der Waals surface area contributed by atoms with Crippen molar-refractivity contribution in [3.05, 3.63) is 34.3 Å². The van der Waals surface area contributed by atoms with E-state index in [4.69, 9.17) is 14.6 Å². The average molecular weight is 450 g/mol. The van der Waals surface area contributed by atoms with Gasteiger partial charge in [0.1, 0.15) is 12.4 Å². The maximum atomic E-state index is 11.3. The van der Waals surface area contributed by atoms with E-state index >= 15 is 0 Å². The summed E-state index contributed by atoms with van der Waals surface area (Å²) >= 11 is 0. The molecule has 2 unspecified atom stereocenters. The van der Waals surface area contributed by atoms with Crippen molar-refractivity contribution < 1.29 is 9.34 Å². The van der Waals surface area contributed by atoms with Gasteiger partial charge >= 0.3 is 5.69 Å². The molecule has 8 aliphatic rings. The van der Waals surface area contributed by atoms with Crippen molar-refractivity contribution in [2.45, 2.75) is 93.4 Å². The van der Waals surface area contributed by atoms with Crippen molar-refractivity contribution in [3.8, 4) is 0 Å². The molecule has 2 aromatic rings. The van der Waals surface area contributed by atoms with Gasteiger partial charge in [0.2, 0.25) is 11.8 Å². The molecule has 8 fully saturated rings. The highest BCUT2D eigenvalue weighted by molar-refractivity contribution is 5.26. The van der Waals surface area contributed by atoms with Crippen LogP contribution in [0.2, 0.25) is 0 Å². The molecule has 33 heavy (non-hydrogen) atoms. The summed E-state index contributed by atoms with van der Waals surface area (Å²) in [6, 6.07) is 0. The standard InChI is InChI=1S/C25H31N5O3/c31-30(32)20-12-26-29(13-20)25-10-18-4-19(11-25)9-24(8-18,14-25)22-28-27-21(33-22)23-5-15-1-16(6-23)3-17(2-15)7-23/h12-13,15-19H,1-11,14H2. The van der Waals surface area contributed by atoms with Crippen LogP contribution < -0.4 is 0 Å². The number of nitro groups is 1. The van der Waals surface area contributed by atoms with E-state index in [1.54, 1.807) is 6.20 Å². The van der Waals surface area contributed by atoms with E-state index in [0.29, 0.717) is 11.8 Å². The Bertz CT molecular complexity index is 1100. The van der Waals surface area contributed by atoms with E-state index in [9.17, 15) is 10.1 Å². The Morgan fingerprint density at radius 3 is 1.97 bits per heavy atom. The number of aromatic nitrogens is 4. The van der Waals surface area contributed by atoms with Gasteiger partial charge in [0.25, 0.3) is 0 Å². The zero-order valence-electron chi connectivity index (χ0n) is 19.0. The molecule has 2 aromatic heterocycles. The fourth-order valence-corrected chi connectivity index (χ4v) is 10.4. The third kappa shape index (κ3) is 2.55. The van der Waals surface area contributed by atoms with E-state index in [1.807, 2.05) is 4.68 Å². The monoisotopic (exact) mass is 449 g/mol.